The number of methoxy groups -OCH3 is 2. The van der Waals surface area contributed by atoms with Crippen LogP contribution in [0.3, 0.4) is 0 Å². The summed E-state index contributed by atoms with van der Waals surface area (Å²) in [5, 5.41) is 41.0. The van der Waals surface area contributed by atoms with Gasteiger partial charge in [0.05, 0.1) is 32.1 Å². The molecule has 2 rings (SSSR count). The summed E-state index contributed by atoms with van der Waals surface area (Å²) in [4.78, 5) is 4.61. The van der Waals surface area contributed by atoms with Gasteiger partial charge in [-0.15, -0.1) is 0 Å². The van der Waals surface area contributed by atoms with Crippen molar-refractivity contribution in [3.8, 4) is 17.4 Å². The highest BCUT2D eigenvalue weighted by molar-refractivity contribution is 5.54. The van der Waals surface area contributed by atoms with Crippen LogP contribution in [0, 0.1) is 12.8 Å². The van der Waals surface area contributed by atoms with E-state index in [0.29, 0.717) is 17.7 Å². The summed E-state index contributed by atoms with van der Waals surface area (Å²) in [6.07, 6.45) is 4.85. The predicted octanol–water partition coefficient (Wildman–Crippen LogP) is 3.96. The molecule has 0 spiro atoms. The van der Waals surface area contributed by atoms with Gasteiger partial charge in [-0.3, -0.25) is 0 Å². The van der Waals surface area contributed by atoms with Crippen LogP contribution in [-0.2, 0) is 11.2 Å². The quantitative estimate of drug-likeness (QED) is 0.221. The first kappa shape index (κ1) is 33.5. The first-order valence-corrected chi connectivity index (χ1v) is 13.6. The molecule has 0 radical (unpaired) electrons. The van der Waals surface area contributed by atoms with Crippen molar-refractivity contribution in [3.05, 3.63) is 58.4 Å². The maximum atomic E-state index is 10.5. The maximum Gasteiger partial charge on any atom is 0.261 e. The topological polar surface area (TPSA) is 131 Å². The van der Waals surface area contributed by atoms with Crippen LogP contribution >= 0.6 is 0 Å². The fourth-order valence-corrected chi connectivity index (χ4v) is 4.47. The molecule has 0 aliphatic carbocycles. The average Bonchev–Trinajstić information content (AvgIpc) is 2.93. The number of pyridine rings is 1. The van der Waals surface area contributed by atoms with Gasteiger partial charge in [0.25, 0.3) is 5.88 Å². The molecule has 0 bridgehead atoms. The molecule has 0 saturated carbocycles. The molecule has 0 aromatic carbocycles. The van der Waals surface area contributed by atoms with Crippen molar-refractivity contribution < 1.29 is 39.4 Å². The Balaban J connectivity index is 2.20. The van der Waals surface area contributed by atoms with Gasteiger partial charge in [0.1, 0.15) is 18.3 Å². The van der Waals surface area contributed by atoms with Gasteiger partial charge in [-0.25, -0.2) is 4.98 Å². The number of ether oxygens (including phenoxy) is 4. The molecule has 1 aliphatic rings. The van der Waals surface area contributed by atoms with E-state index in [4.69, 9.17) is 18.9 Å². The maximum absolute atomic E-state index is 10.5. The largest absolute Gasteiger partial charge is 0.489 e. The lowest BCUT2D eigenvalue weighted by Crippen LogP contribution is -2.58. The number of nitrogens with zero attached hydrogens (tertiary/aromatic N) is 1. The first-order chi connectivity index (χ1) is 18.9. The van der Waals surface area contributed by atoms with Crippen LogP contribution in [-0.4, -0.2) is 76.4 Å². The Bertz CT molecular complexity index is 1110. The van der Waals surface area contributed by atoms with Crippen LogP contribution in [0.1, 0.15) is 59.2 Å². The predicted molar refractivity (Wildman–Crippen MR) is 155 cm³/mol. The number of allylic oxidation sites excluding steroid dienone is 6. The van der Waals surface area contributed by atoms with Crippen LogP contribution in [0.15, 0.2) is 47.1 Å². The van der Waals surface area contributed by atoms with Crippen LogP contribution in [0.4, 0.5) is 0 Å². The van der Waals surface area contributed by atoms with Crippen molar-refractivity contribution >= 4 is 0 Å². The standard InChI is InChI=1S/C31H47NO8/c1-10-19(4)24(33)20(5)16-18(3)13-11-12-17(2)14-15-23-21(6)28(29(37-8)30(32-23)38-9)40-31-27(36)26(35)25(34)22(7)39-31/h10-11,13-14,16,20,22,24-27,31,33-36H,12,15H2,1-9H3/b13-11+,17-14+,18-16+,19-10+/t20-,22-,24+,25+,26+,27+,31?/m1/s1. The molecular weight excluding hydrogens is 514 g/mol. The van der Waals surface area contributed by atoms with E-state index in [9.17, 15) is 20.4 Å². The van der Waals surface area contributed by atoms with Crippen molar-refractivity contribution in [2.45, 2.75) is 98.1 Å². The number of rotatable bonds is 12. The highest BCUT2D eigenvalue weighted by atomic mass is 16.7. The Hall–Kier alpha value is -2.69. The van der Waals surface area contributed by atoms with Crippen molar-refractivity contribution in [2.24, 2.45) is 5.92 Å². The summed E-state index contributed by atoms with van der Waals surface area (Å²) < 4.78 is 22.6. The molecule has 4 N–H and O–H groups in total. The van der Waals surface area contributed by atoms with Crippen LogP contribution in [0.25, 0.3) is 0 Å². The van der Waals surface area contributed by atoms with E-state index in [0.717, 1.165) is 23.1 Å². The number of aliphatic hydroxyl groups is 4. The summed E-state index contributed by atoms with van der Waals surface area (Å²) in [6.45, 7) is 13.3. The number of hydrogen-bond acceptors (Lipinski definition) is 9. The molecule has 1 saturated heterocycles. The first-order valence-electron chi connectivity index (χ1n) is 13.6. The number of aliphatic hydroxyl groups excluding tert-OH is 4. The lowest BCUT2D eigenvalue weighted by atomic mass is 9.96. The van der Waals surface area contributed by atoms with E-state index < -0.39 is 36.8 Å². The number of hydrogen-bond donors (Lipinski definition) is 4. The third kappa shape index (κ3) is 8.41. The Morgan fingerprint density at radius 3 is 2.33 bits per heavy atom. The molecule has 1 aromatic heterocycles. The summed E-state index contributed by atoms with van der Waals surface area (Å²) in [5.74, 6) is 0.751. The van der Waals surface area contributed by atoms with Crippen molar-refractivity contribution in [1.29, 1.82) is 0 Å². The molecular formula is C31H47NO8. The lowest BCUT2D eigenvalue weighted by molar-refractivity contribution is -0.268. The van der Waals surface area contributed by atoms with Crippen LogP contribution < -0.4 is 14.2 Å². The monoisotopic (exact) mass is 561 g/mol. The van der Waals surface area contributed by atoms with E-state index in [-0.39, 0.29) is 23.3 Å². The fourth-order valence-electron chi connectivity index (χ4n) is 4.47. The van der Waals surface area contributed by atoms with Gasteiger partial charge in [0.15, 0.2) is 5.75 Å². The highest BCUT2D eigenvalue weighted by Crippen LogP contribution is 2.41. The normalized spacial score (nSPS) is 26.1. The smallest absolute Gasteiger partial charge is 0.261 e. The summed E-state index contributed by atoms with van der Waals surface area (Å²) in [6, 6.07) is 0. The van der Waals surface area contributed by atoms with E-state index in [1.807, 2.05) is 47.6 Å². The van der Waals surface area contributed by atoms with Gasteiger partial charge < -0.3 is 39.4 Å². The molecule has 224 valence electrons. The van der Waals surface area contributed by atoms with E-state index >= 15 is 0 Å². The third-order valence-electron chi connectivity index (χ3n) is 7.26. The molecule has 1 aromatic rings. The van der Waals surface area contributed by atoms with Gasteiger partial charge >= 0.3 is 0 Å². The molecule has 1 fully saturated rings. The Morgan fingerprint density at radius 2 is 1.73 bits per heavy atom. The molecule has 9 heteroatoms. The molecule has 1 aliphatic heterocycles. The SMILES string of the molecule is C/C=C(\C)[C@H](O)[C@H](C)/C=C(C)/C=C/C/C(C)=C/Cc1nc(OC)c(OC)c(OC2O[C@H](C)[C@H](O)[C@H](O)[C@@H]2O)c1C. The second-order valence-electron chi connectivity index (χ2n) is 10.5. The molecule has 1 unspecified atom stereocenters. The molecule has 0 amide bonds. The molecule has 9 nitrogen and oxygen atoms in total. The van der Waals surface area contributed by atoms with Crippen LogP contribution in [0.2, 0.25) is 0 Å². The van der Waals surface area contributed by atoms with Gasteiger partial charge in [-0.2, -0.15) is 0 Å². The third-order valence-corrected chi connectivity index (χ3v) is 7.26. The molecule has 2 heterocycles. The minimum Gasteiger partial charge on any atom is -0.489 e. The van der Waals surface area contributed by atoms with Crippen molar-refractivity contribution in [2.75, 3.05) is 14.2 Å². The average molecular weight is 562 g/mol. The fraction of sp³-hybridized carbons (Fsp3) is 0.581. The lowest BCUT2D eigenvalue weighted by Gasteiger charge is -2.39. The van der Waals surface area contributed by atoms with Gasteiger partial charge in [0.2, 0.25) is 12.0 Å². The zero-order valence-electron chi connectivity index (χ0n) is 25.2. The zero-order chi connectivity index (χ0) is 30.1. The minimum atomic E-state index is -1.47. The van der Waals surface area contributed by atoms with Crippen molar-refractivity contribution in [1.82, 2.24) is 4.98 Å². The van der Waals surface area contributed by atoms with Gasteiger partial charge in [0, 0.05) is 17.9 Å². The summed E-state index contributed by atoms with van der Waals surface area (Å²) in [7, 11) is 2.93. The van der Waals surface area contributed by atoms with Gasteiger partial charge in [-0.1, -0.05) is 48.5 Å². The highest BCUT2D eigenvalue weighted by Gasteiger charge is 2.43. The second-order valence-corrected chi connectivity index (χ2v) is 10.5. The van der Waals surface area contributed by atoms with E-state index in [1.165, 1.54) is 14.2 Å². The van der Waals surface area contributed by atoms with Crippen LogP contribution in [0.5, 0.6) is 17.4 Å². The number of aromatic nitrogens is 1. The van der Waals surface area contributed by atoms with Gasteiger partial charge in [-0.05, 0) is 53.5 Å². The Labute approximate surface area is 238 Å². The minimum absolute atomic E-state index is 0.0182. The molecule has 40 heavy (non-hydrogen) atoms. The van der Waals surface area contributed by atoms with E-state index in [2.05, 4.69) is 29.3 Å². The zero-order valence-corrected chi connectivity index (χ0v) is 25.2. The Kier molecular flexibility index (Phi) is 12.9. The summed E-state index contributed by atoms with van der Waals surface area (Å²) in [5.41, 5.74) is 4.54. The van der Waals surface area contributed by atoms with Crippen molar-refractivity contribution in [3.63, 3.8) is 0 Å². The second kappa shape index (κ2) is 15.3. The summed E-state index contributed by atoms with van der Waals surface area (Å²) >= 11 is 0. The molecule has 7 atom stereocenters. The Morgan fingerprint density at radius 1 is 1.05 bits per heavy atom. The van der Waals surface area contributed by atoms with E-state index in [1.54, 1.807) is 6.92 Å².